The number of anilines is 1. The highest BCUT2D eigenvalue weighted by atomic mass is 32.1. The second-order valence-electron chi connectivity index (χ2n) is 9.25. The fraction of sp³-hybridized carbons (Fsp3) is 0.276. The first-order valence-electron chi connectivity index (χ1n) is 12.6. The topological polar surface area (TPSA) is 117 Å². The summed E-state index contributed by atoms with van der Waals surface area (Å²) >= 11 is 1.10. The molecule has 2 aromatic carbocycles. The second kappa shape index (κ2) is 10.6. The molecular formula is C29H27N3O7S. The first kappa shape index (κ1) is 27.1. The van der Waals surface area contributed by atoms with Crippen molar-refractivity contribution in [2.75, 3.05) is 25.7 Å². The average molecular weight is 562 g/mol. The molecule has 1 aromatic heterocycles. The molecule has 0 fully saturated rings. The van der Waals surface area contributed by atoms with Crippen LogP contribution in [-0.2, 0) is 19.1 Å². The maximum absolute atomic E-state index is 14.2. The highest BCUT2D eigenvalue weighted by Gasteiger charge is 2.37. The lowest BCUT2D eigenvalue weighted by atomic mass is 9.95. The number of fused-ring (bicyclic) bond motifs is 2. The molecule has 10 nitrogen and oxygen atoms in total. The molecule has 11 heteroatoms. The van der Waals surface area contributed by atoms with Crippen molar-refractivity contribution in [3.05, 3.63) is 84.5 Å². The number of para-hydroxylation sites is 1. The Morgan fingerprint density at radius 1 is 1.07 bits per heavy atom. The quantitative estimate of drug-likeness (QED) is 0.335. The van der Waals surface area contributed by atoms with Gasteiger partial charge in [0.25, 0.3) is 11.5 Å². The zero-order chi connectivity index (χ0) is 28.7. The van der Waals surface area contributed by atoms with Crippen molar-refractivity contribution in [1.29, 1.82) is 0 Å². The van der Waals surface area contributed by atoms with Crippen LogP contribution >= 0.6 is 11.3 Å². The number of allylic oxidation sites excluding steroid dienone is 1. The van der Waals surface area contributed by atoms with Crippen molar-refractivity contribution in [1.82, 2.24) is 4.57 Å². The summed E-state index contributed by atoms with van der Waals surface area (Å²) in [4.78, 5) is 59.0. The number of carbonyl (C=O) groups excluding carboxylic acids is 3. The van der Waals surface area contributed by atoms with Crippen LogP contribution in [0.15, 0.2) is 63.5 Å². The summed E-state index contributed by atoms with van der Waals surface area (Å²) in [6, 6.07) is 11.2. The minimum atomic E-state index is -0.933. The average Bonchev–Trinajstić information content (AvgIpc) is 3.40. The van der Waals surface area contributed by atoms with Crippen LogP contribution in [0.5, 0.6) is 11.5 Å². The molecule has 0 saturated carbocycles. The third-order valence-corrected chi connectivity index (χ3v) is 7.81. The summed E-state index contributed by atoms with van der Waals surface area (Å²) in [5.74, 6) is -0.987. The van der Waals surface area contributed by atoms with Crippen LogP contribution in [0.3, 0.4) is 0 Å². The molecule has 40 heavy (non-hydrogen) atoms. The van der Waals surface area contributed by atoms with Gasteiger partial charge in [0.2, 0.25) is 0 Å². The summed E-state index contributed by atoms with van der Waals surface area (Å²) in [5.41, 5.74) is 2.34. The van der Waals surface area contributed by atoms with Gasteiger partial charge in [-0.2, -0.15) is 0 Å². The molecule has 1 atom stereocenters. The van der Waals surface area contributed by atoms with E-state index in [1.165, 1.54) is 31.8 Å². The Hall–Kier alpha value is -4.51. The Morgan fingerprint density at radius 3 is 2.50 bits per heavy atom. The zero-order valence-electron chi connectivity index (χ0n) is 22.6. The molecule has 0 spiro atoms. The molecule has 1 unspecified atom stereocenters. The number of esters is 2. The number of ether oxygens (including phenoxy) is 3. The van der Waals surface area contributed by atoms with E-state index in [4.69, 9.17) is 14.2 Å². The predicted molar refractivity (Wildman–Crippen MR) is 148 cm³/mol. The largest absolute Gasteiger partial charge is 0.493 e. The van der Waals surface area contributed by atoms with Crippen LogP contribution in [-0.4, -0.2) is 43.2 Å². The smallest absolute Gasteiger partial charge is 0.338 e. The Bertz CT molecular complexity index is 1780. The van der Waals surface area contributed by atoms with Gasteiger partial charge >= 0.3 is 11.9 Å². The van der Waals surface area contributed by atoms with E-state index in [2.05, 4.69) is 4.99 Å². The lowest BCUT2D eigenvalue weighted by Gasteiger charge is -2.25. The Kier molecular flexibility index (Phi) is 7.16. The van der Waals surface area contributed by atoms with Crippen molar-refractivity contribution in [3.63, 3.8) is 0 Å². The van der Waals surface area contributed by atoms with Crippen LogP contribution in [0.2, 0.25) is 0 Å². The summed E-state index contributed by atoms with van der Waals surface area (Å²) in [5, 5.41) is 0. The Labute approximate surface area is 233 Å². The second-order valence-corrected chi connectivity index (χ2v) is 10.2. The fourth-order valence-electron chi connectivity index (χ4n) is 5.10. The van der Waals surface area contributed by atoms with Gasteiger partial charge in [-0.25, -0.2) is 9.79 Å². The molecule has 5 rings (SSSR count). The third-order valence-electron chi connectivity index (χ3n) is 6.76. The van der Waals surface area contributed by atoms with Crippen LogP contribution < -0.4 is 29.3 Å². The molecule has 1 amide bonds. The first-order valence-corrected chi connectivity index (χ1v) is 13.4. The number of nitrogens with zero attached hydrogens (tertiary/aromatic N) is 3. The summed E-state index contributed by atoms with van der Waals surface area (Å²) in [6.07, 6.45) is 0.751. The fourth-order valence-corrected chi connectivity index (χ4v) is 6.23. The summed E-state index contributed by atoms with van der Waals surface area (Å²) in [6.45, 7) is 5.45. The van der Waals surface area contributed by atoms with Crippen LogP contribution in [0.4, 0.5) is 5.69 Å². The van der Waals surface area contributed by atoms with Crippen molar-refractivity contribution in [2.45, 2.75) is 33.2 Å². The molecule has 2 aliphatic rings. The minimum absolute atomic E-state index is 0.166. The van der Waals surface area contributed by atoms with Crippen LogP contribution in [0.25, 0.3) is 5.57 Å². The number of aromatic nitrogens is 1. The van der Waals surface area contributed by atoms with E-state index in [9.17, 15) is 19.2 Å². The SMILES string of the molecule is CCCN1C(=O)/C(=c2\sc3n(c2=O)C(c2ccc(OC(C)=O)c(OC)c2)C(C(=O)OC)=C(C)N=3)c2ccccc21. The molecule has 0 saturated heterocycles. The monoisotopic (exact) mass is 561 g/mol. The van der Waals surface area contributed by atoms with Gasteiger partial charge in [0.05, 0.1) is 42.8 Å². The minimum Gasteiger partial charge on any atom is -0.493 e. The molecular weight excluding hydrogens is 534 g/mol. The van der Waals surface area contributed by atoms with Gasteiger partial charge in [0.15, 0.2) is 16.3 Å². The third kappa shape index (κ3) is 4.32. The van der Waals surface area contributed by atoms with Gasteiger partial charge in [-0.05, 0) is 37.1 Å². The predicted octanol–water partition coefficient (Wildman–Crippen LogP) is 2.47. The van der Waals surface area contributed by atoms with E-state index < -0.39 is 23.5 Å². The van der Waals surface area contributed by atoms with Gasteiger partial charge in [0, 0.05) is 19.0 Å². The highest BCUT2D eigenvalue weighted by Crippen LogP contribution is 2.37. The molecule has 0 radical (unpaired) electrons. The summed E-state index contributed by atoms with van der Waals surface area (Å²) < 4.78 is 17.4. The van der Waals surface area contributed by atoms with E-state index in [0.717, 1.165) is 23.4 Å². The Morgan fingerprint density at radius 2 is 1.82 bits per heavy atom. The number of carbonyl (C=O) groups is 3. The van der Waals surface area contributed by atoms with Gasteiger partial charge in [-0.3, -0.25) is 19.0 Å². The lowest BCUT2D eigenvalue weighted by molar-refractivity contribution is -0.136. The van der Waals surface area contributed by atoms with Crippen molar-refractivity contribution in [2.24, 2.45) is 4.99 Å². The van der Waals surface area contributed by atoms with E-state index in [0.29, 0.717) is 33.7 Å². The molecule has 2 aliphatic heterocycles. The van der Waals surface area contributed by atoms with Crippen molar-refractivity contribution in [3.8, 4) is 11.5 Å². The number of hydrogen-bond donors (Lipinski definition) is 0. The van der Waals surface area contributed by atoms with Crippen LogP contribution in [0.1, 0.15) is 44.4 Å². The molecule has 0 aliphatic carbocycles. The maximum Gasteiger partial charge on any atom is 0.338 e. The maximum atomic E-state index is 14.2. The molecule has 3 heterocycles. The van der Waals surface area contributed by atoms with Crippen LogP contribution in [0, 0.1) is 0 Å². The summed E-state index contributed by atoms with van der Waals surface area (Å²) in [7, 11) is 2.68. The van der Waals surface area contributed by atoms with Gasteiger partial charge < -0.3 is 19.1 Å². The van der Waals surface area contributed by atoms with E-state index in [-0.39, 0.29) is 27.5 Å². The molecule has 0 N–H and O–H groups in total. The number of benzene rings is 2. The van der Waals surface area contributed by atoms with Crippen molar-refractivity contribution < 1.29 is 28.6 Å². The van der Waals surface area contributed by atoms with Gasteiger partial charge in [0.1, 0.15) is 4.53 Å². The number of methoxy groups -OCH3 is 2. The van der Waals surface area contributed by atoms with E-state index in [1.54, 1.807) is 24.0 Å². The van der Waals surface area contributed by atoms with E-state index in [1.807, 2.05) is 31.2 Å². The van der Waals surface area contributed by atoms with Crippen molar-refractivity contribution >= 4 is 40.4 Å². The standard InChI is InChI=1S/C29H27N3O7S/c1-6-13-31-19-10-8-7-9-18(19)23(26(31)34)25-27(35)32-24(22(28(36)38-5)15(2)30-29(32)40-25)17-11-12-20(39-16(3)33)21(14-17)37-4/h7-12,14,24H,6,13H2,1-5H3/b25-23-. The van der Waals surface area contributed by atoms with Gasteiger partial charge in [-0.15, -0.1) is 0 Å². The highest BCUT2D eigenvalue weighted by molar-refractivity contribution is 7.07. The number of rotatable bonds is 6. The normalized spacial score (nSPS) is 17.3. The lowest BCUT2D eigenvalue weighted by Crippen LogP contribution is -2.41. The molecule has 206 valence electrons. The zero-order valence-corrected chi connectivity index (χ0v) is 23.5. The van der Waals surface area contributed by atoms with Gasteiger partial charge in [-0.1, -0.05) is 42.5 Å². The number of amides is 1. The van der Waals surface area contributed by atoms with E-state index >= 15 is 0 Å². The Balaban J connectivity index is 1.80. The number of hydrogen-bond acceptors (Lipinski definition) is 9. The first-order chi connectivity index (χ1) is 19.2. The molecule has 0 bridgehead atoms. The molecule has 3 aromatic rings. The number of thiazole rings is 1.